The number of nitrogens with zero attached hydrogens (tertiary/aromatic N) is 3. The minimum Gasteiger partial charge on any atom is -0.370 e. The van der Waals surface area contributed by atoms with Gasteiger partial charge >= 0.3 is 0 Å². The van der Waals surface area contributed by atoms with Crippen molar-refractivity contribution in [3.05, 3.63) is 65.2 Å². The number of rotatable bonds is 17. The van der Waals surface area contributed by atoms with Crippen LogP contribution in [-0.2, 0) is 0 Å². The summed E-state index contributed by atoms with van der Waals surface area (Å²) in [5, 5.41) is 0. The monoisotopic (exact) mass is 520 g/mol. The van der Waals surface area contributed by atoms with Gasteiger partial charge in [-0.2, -0.15) is 0 Å². The summed E-state index contributed by atoms with van der Waals surface area (Å²) < 4.78 is 0. The van der Waals surface area contributed by atoms with Gasteiger partial charge in [-0.05, 0) is 62.3 Å². The van der Waals surface area contributed by atoms with Crippen molar-refractivity contribution in [1.82, 2.24) is 9.80 Å². The molecule has 0 saturated carbocycles. The molecule has 0 bridgehead atoms. The Morgan fingerprint density at radius 1 is 0.789 bits per heavy atom. The third kappa shape index (κ3) is 7.44. The first-order chi connectivity index (χ1) is 18.4. The third-order valence-corrected chi connectivity index (χ3v) is 7.66. The predicted octanol–water partition coefficient (Wildman–Crippen LogP) is 5.35. The first-order valence-electron chi connectivity index (χ1n) is 14.2. The largest absolute Gasteiger partial charge is 0.370 e. The van der Waals surface area contributed by atoms with Crippen LogP contribution >= 0.6 is 0 Å². The highest BCUT2D eigenvalue weighted by Gasteiger charge is 2.39. The molecular formula is C31H44N4O3. The van der Waals surface area contributed by atoms with E-state index in [2.05, 4.69) is 30.6 Å². The van der Waals surface area contributed by atoms with E-state index < -0.39 is 5.91 Å². The molecule has 2 N–H and O–H groups in total. The van der Waals surface area contributed by atoms with E-state index in [0.29, 0.717) is 29.7 Å². The van der Waals surface area contributed by atoms with Gasteiger partial charge in [0.15, 0.2) is 0 Å². The number of fused-ring (bicyclic) bond motifs is 1. The van der Waals surface area contributed by atoms with Gasteiger partial charge in [0.1, 0.15) is 0 Å². The van der Waals surface area contributed by atoms with E-state index in [4.69, 9.17) is 5.73 Å². The Bertz CT molecular complexity index is 1030. The van der Waals surface area contributed by atoms with Gasteiger partial charge in [-0.3, -0.25) is 19.3 Å². The number of nitrogens with two attached hydrogens (primary N) is 1. The van der Waals surface area contributed by atoms with E-state index in [9.17, 15) is 14.4 Å². The number of likely N-dealkylation sites (N-methyl/N-ethyl adjacent to an activating group) is 1. The smallest absolute Gasteiger partial charge is 0.261 e. The Morgan fingerprint density at radius 2 is 1.39 bits per heavy atom. The lowest BCUT2D eigenvalue weighted by Gasteiger charge is -2.32. The van der Waals surface area contributed by atoms with Crippen molar-refractivity contribution in [2.75, 3.05) is 37.6 Å². The number of benzene rings is 2. The molecule has 2 aromatic rings. The summed E-state index contributed by atoms with van der Waals surface area (Å²) in [6.45, 7) is 10.9. The molecule has 0 radical (unpaired) electrons. The molecule has 0 spiro atoms. The van der Waals surface area contributed by atoms with Crippen LogP contribution in [0.4, 0.5) is 5.69 Å². The number of unbranched alkanes of at least 4 members (excludes halogenated alkanes) is 4. The van der Waals surface area contributed by atoms with E-state index in [-0.39, 0.29) is 17.9 Å². The van der Waals surface area contributed by atoms with Crippen molar-refractivity contribution in [3.63, 3.8) is 0 Å². The average molecular weight is 521 g/mol. The highest BCUT2D eigenvalue weighted by molar-refractivity contribution is 6.21. The van der Waals surface area contributed by atoms with E-state index >= 15 is 0 Å². The Hall–Kier alpha value is -3.19. The van der Waals surface area contributed by atoms with Crippen molar-refractivity contribution >= 4 is 23.4 Å². The maximum absolute atomic E-state index is 13.3. The molecule has 1 heterocycles. The summed E-state index contributed by atoms with van der Waals surface area (Å²) in [6, 6.07) is 14.4. The highest BCUT2D eigenvalue weighted by Crippen LogP contribution is 2.28. The van der Waals surface area contributed by atoms with Crippen molar-refractivity contribution in [3.8, 4) is 0 Å². The van der Waals surface area contributed by atoms with E-state index in [1.54, 1.807) is 24.3 Å². The van der Waals surface area contributed by atoms with Crippen LogP contribution in [0.25, 0.3) is 0 Å². The zero-order valence-electron chi connectivity index (χ0n) is 23.3. The molecule has 206 valence electrons. The van der Waals surface area contributed by atoms with Crippen LogP contribution in [0.1, 0.15) is 96.8 Å². The zero-order chi connectivity index (χ0) is 27.5. The summed E-state index contributed by atoms with van der Waals surface area (Å²) in [5.41, 5.74) is 7.96. The van der Waals surface area contributed by atoms with Crippen LogP contribution in [0.2, 0.25) is 0 Å². The topological polar surface area (TPSA) is 86.9 Å². The van der Waals surface area contributed by atoms with Gasteiger partial charge in [-0.15, -0.1) is 0 Å². The summed E-state index contributed by atoms with van der Waals surface area (Å²) >= 11 is 0. The molecule has 0 aliphatic carbocycles. The minimum atomic E-state index is -0.444. The zero-order valence-corrected chi connectivity index (χ0v) is 23.3. The fraction of sp³-hybridized carbons (Fsp3) is 0.516. The van der Waals surface area contributed by atoms with Gasteiger partial charge in [0, 0.05) is 36.9 Å². The number of anilines is 1. The molecule has 38 heavy (non-hydrogen) atoms. The van der Waals surface area contributed by atoms with Gasteiger partial charge < -0.3 is 15.5 Å². The fourth-order valence-corrected chi connectivity index (χ4v) is 5.24. The molecule has 1 atom stereocenters. The number of amides is 3. The minimum absolute atomic E-state index is 0.162. The van der Waals surface area contributed by atoms with Crippen LogP contribution in [0.3, 0.4) is 0 Å². The van der Waals surface area contributed by atoms with Crippen molar-refractivity contribution in [2.24, 2.45) is 5.73 Å². The standard InChI is InChI=1S/C31H44N4O3/c1-4-7-8-9-10-13-26(35-30(37)27-14-11-12-15-28(27)31(35)38)20-21-34(23-22-33(5-2)6-3)25-18-16-24(17-19-25)29(32)36/h11-12,14-19,26H,4-10,13,20-23H2,1-3H3,(H2,32,36). The van der Waals surface area contributed by atoms with Crippen LogP contribution in [0, 0.1) is 0 Å². The Kier molecular flexibility index (Phi) is 11.3. The molecule has 1 aliphatic heterocycles. The second-order valence-corrected chi connectivity index (χ2v) is 10.1. The first-order valence-corrected chi connectivity index (χ1v) is 14.2. The second kappa shape index (κ2) is 14.7. The number of carbonyl (C=O) groups excluding carboxylic acids is 3. The van der Waals surface area contributed by atoms with Crippen molar-refractivity contribution in [1.29, 1.82) is 0 Å². The molecule has 0 fully saturated rings. The van der Waals surface area contributed by atoms with Crippen LogP contribution < -0.4 is 10.6 Å². The van der Waals surface area contributed by atoms with Gasteiger partial charge in [0.25, 0.3) is 11.8 Å². The number of carbonyl (C=O) groups is 3. The number of primary amides is 1. The molecule has 0 aromatic heterocycles. The van der Waals surface area contributed by atoms with Crippen molar-refractivity contribution in [2.45, 2.75) is 71.8 Å². The average Bonchev–Trinajstić information content (AvgIpc) is 3.19. The van der Waals surface area contributed by atoms with Crippen LogP contribution in [-0.4, -0.2) is 66.3 Å². The van der Waals surface area contributed by atoms with Gasteiger partial charge in [0.05, 0.1) is 11.1 Å². The Balaban J connectivity index is 1.79. The second-order valence-electron chi connectivity index (χ2n) is 10.1. The number of hydrogen-bond donors (Lipinski definition) is 1. The lowest BCUT2D eigenvalue weighted by atomic mass is 10.0. The quantitative estimate of drug-likeness (QED) is 0.224. The predicted molar refractivity (Wildman–Crippen MR) is 154 cm³/mol. The molecular weight excluding hydrogens is 476 g/mol. The summed E-state index contributed by atoms with van der Waals surface area (Å²) in [5.74, 6) is -0.797. The van der Waals surface area contributed by atoms with Crippen LogP contribution in [0.5, 0.6) is 0 Å². The van der Waals surface area contributed by atoms with Gasteiger partial charge in [0.2, 0.25) is 5.91 Å². The summed E-state index contributed by atoms with van der Waals surface area (Å²) in [7, 11) is 0. The SMILES string of the molecule is CCCCCCCC(CCN(CCN(CC)CC)c1ccc(C(N)=O)cc1)N1C(=O)c2ccccc2C1=O. The van der Waals surface area contributed by atoms with E-state index in [1.807, 2.05) is 24.3 Å². The molecule has 3 rings (SSSR count). The molecule has 7 nitrogen and oxygen atoms in total. The molecule has 7 heteroatoms. The molecule has 2 aromatic carbocycles. The molecule has 3 amide bonds. The number of hydrogen-bond acceptors (Lipinski definition) is 5. The normalized spacial score (nSPS) is 13.7. The lowest BCUT2D eigenvalue weighted by molar-refractivity contribution is 0.0566. The Morgan fingerprint density at radius 3 is 1.95 bits per heavy atom. The van der Waals surface area contributed by atoms with Gasteiger partial charge in [-0.25, -0.2) is 0 Å². The van der Waals surface area contributed by atoms with Crippen LogP contribution in [0.15, 0.2) is 48.5 Å². The maximum Gasteiger partial charge on any atom is 0.261 e. The highest BCUT2D eigenvalue weighted by atomic mass is 16.2. The summed E-state index contributed by atoms with van der Waals surface area (Å²) in [6.07, 6.45) is 7.15. The molecule has 1 aliphatic rings. The summed E-state index contributed by atoms with van der Waals surface area (Å²) in [4.78, 5) is 44.4. The maximum atomic E-state index is 13.3. The van der Waals surface area contributed by atoms with Crippen molar-refractivity contribution < 1.29 is 14.4 Å². The van der Waals surface area contributed by atoms with E-state index in [1.165, 1.54) is 24.2 Å². The number of imide groups is 1. The van der Waals surface area contributed by atoms with Gasteiger partial charge in [-0.1, -0.05) is 65.0 Å². The Labute approximate surface area is 228 Å². The molecule has 0 saturated heterocycles. The first kappa shape index (κ1) is 29.4. The van der Waals surface area contributed by atoms with E-state index in [0.717, 1.165) is 51.1 Å². The molecule has 1 unspecified atom stereocenters. The third-order valence-electron chi connectivity index (χ3n) is 7.66. The lowest BCUT2D eigenvalue weighted by Crippen LogP contribution is -2.43. The fourth-order valence-electron chi connectivity index (χ4n) is 5.24.